The lowest BCUT2D eigenvalue weighted by molar-refractivity contribution is -0.241. The standard InChI is InChI=1S/C29H54O7Si3/c1-19-23(26(31)32-5)24(30)25-27(2)16-15-21(35-38(9,10)11)28(3,18-33-37(6,7)8)20(27)17-22(29(25,4)34-19)36-39(12,13)14/h20-22,25H,15-18H2,1-14H3/t20-,21+,22+,25-,27+,28+,29-/m1/s1. The third-order valence-corrected chi connectivity index (χ3v) is 12.0. The van der Waals surface area contributed by atoms with Crippen LogP contribution in [0, 0.1) is 22.7 Å². The van der Waals surface area contributed by atoms with Crippen LogP contribution in [0.1, 0.15) is 47.0 Å². The lowest BCUT2D eigenvalue weighted by atomic mass is 9.43. The maximum Gasteiger partial charge on any atom is 0.344 e. The fourth-order valence-electron chi connectivity index (χ4n) is 7.60. The highest BCUT2D eigenvalue weighted by Gasteiger charge is 2.70. The van der Waals surface area contributed by atoms with Gasteiger partial charge in [0.2, 0.25) is 0 Å². The van der Waals surface area contributed by atoms with Crippen LogP contribution in [-0.2, 0) is 32.3 Å². The normalized spacial score (nSPS) is 37.6. The van der Waals surface area contributed by atoms with Gasteiger partial charge in [-0.05, 0) is 103 Å². The summed E-state index contributed by atoms with van der Waals surface area (Å²) in [5.74, 6) is -0.962. The first-order chi connectivity index (χ1) is 17.5. The zero-order chi connectivity index (χ0) is 30.0. The molecule has 0 unspecified atom stereocenters. The van der Waals surface area contributed by atoms with Crippen LogP contribution in [0.2, 0.25) is 58.9 Å². The number of ketones is 1. The number of rotatable bonds is 8. The van der Waals surface area contributed by atoms with Crippen LogP contribution in [0.25, 0.3) is 0 Å². The second-order valence-electron chi connectivity index (χ2n) is 15.7. The fraction of sp³-hybridized carbons (Fsp3) is 0.862. The lowest BCUT2D eigenvalue weighted by Gasteiger charge is -2.66. The molecular formula is C29H54O7Si3. The second kappa shape index (κ2) is 10.5. The van der Waals surface area contributed by atoms with Gasteiger partial charge in [0.05, 0.1) is 25.2 Å². The quantitative estimate of drug-likeness (QED) is 0.179. The van der Waals surface area contributed by atoms with E-state index in [0.717, 1.165) is 19.3 Å². The number of carbonyl (C=O) groups is 2. The highest BCUT2D eigenvalue weighted by atomic mass is 28.4. The van der Waals surface area contributed by atoms with E-state index in [1.807, 2.05) is 6.92 Å². The van der Waals surface area contributed by atoms with Crippen molar-refractivity contribution in [3.8, 4) is 0 Å². The Morgan fingerprint density at radius 3 is 1.95 bits per heavy atom. The first kappa shape index (κ1) is 32.7. The summed E-state index contributed by atoms with van der Waals surface area (Å²) in [4.78, 5) is 27.3. The van der Waals surface area contributed by atoms with Crippen molar-refractivity contribution in [3.63, 3.8) is 0 Å². The molecule has 7 nitrogen and oxygen atoms in total. The first-order valence-corrected chi connectivity index (χ1v) is 24.7. The average molecular weight is 599 g/mol. The van der Waals surface area contributed by atoms with Crippen molar-refractivity contribution < 1.29 is 32.3 Å². The molecule has 10 heteroatoms. The van der Waals surface area contributed by atoms with Crippen molar-refractivity contribution in [3.05, 3.63) is 11.3 Å². The molecule has 2 fully saturated rings. The Kier molecular flexibility index (Phi) is 8.80. The van der Waals surface area contributed by atoms with E-state index < -0.39 is 47.9 Å². The predicted octanol–water partition coefficient (Wildman–Crippen LogP) is 6.53. The molecule has 0 radical (unpaired) electrons. The lowest BCUT2D eigenvalue weighted by Crippen LogP contribution is -2.72. The van der Waals surface area contributed by atoms with Crippen LogP contribution in [0.3, 0.4) is 0 Å². The third-order valence-electron chi connectivity index (χ3n) is 9.03. The first-order valence-electron chi connectivity index (χ1n) is 14.5. The highest BCUT2D eigenvalue weighted by Crippen LogP contribution is 2.66. The molecule has 0 aromatic carbocycles. The van der Waals surface area contributed by atoms with Crippen LogP contribution < -0.4 is 0 Å². The van der Waals surface area contributed by atoms with Gasteiger partial charge in [-0.2, -0.15) is 0 Å². The number of hydrogen-bond acceptors (Lipinski definition) is 7. The fourth-order valence-corrected chi connectivity index (χ4v) is 10.8. The summed E-state index contributed by atoms with van der Waals surface area (Å²) in [6, 6.07) is 0. The Labute approximate surface area is 240 Å². The van der Waals surface area contributed by atoms with E-state index in [-0.39, 0.29) is 34.9 Å². The molecule has 0 N–H and O–H groups in total. The van der Waals surface area contributed by atoms with Gasteiger partial charge in [0.1, 0.15) is 16.9 Å². The SMILES string of the molecule is COC(=O)C1=C(C)O[C@]2(C)[C@@H](O[Si](C)(C)C)C[C@H]3[C@](C)(CO[Si](C)(C)C)[C@@H](O[Si](C)(C)C)CC[C@]3(C)[C@H]2C1=O. The minimum absolute atomic E-state index is 0.0208. The van der Waals surface area contributed by atoms with Crippen molar-refractivity contribution in [2.24, 2.45) is 22.7 Å². The zero-order valence-electron chi connectivity index (χ0n) is 27.0. The van der Waals surface area contributed by atoms with Crippen LogP contribution in [0.4, 0.5) is 0 Å². The van der Waals surface area contributed by atoms with Crippen molar-refractivity contribution in [1.29, 1.82) is 0 Å². The summed E-state index contributed by atoms with van der Waals surface area (Å²) in [6.07, 6.45) is 2.10. The van der Waals surface area contributed by atoms with E-state index in [1.165, 1.54) is 7.11 Å². The average Bonchev–Trinajstić information content (AvgIpc) is 2.73. The zero-order valence-corrected chi connectivity index (χ0v) is 30.0. The van der Waals surface area contributed by atoms with Crippen molar-refractivity contribution in [1.82, 2.24) is 0 Å². The van der Waals surface area contributed by atoms with Gasteiger partial charge in [-0.3, -0.25) is 4.79 Å². The molecule has 0 amide bonds. The topological polar surface area (TPSA) is 80.3 Å². The summed E-state index contributed by atoms with van der Waals surface area (Å²) in [5.41, 5.74) is -1.63. The molecular weight excluding hydrogens is 545 g/mol. The van der Waals surface area contributed by atoms with E-state index in [9.17, 15) is 9.59 Å². The van der Waals surface area contributed by atoms with Gasteiger partial charge in [0, 0.05) is 12.0 Å². The Bertz CT molecular complexity index is 1010. The number of hydrogen-bond donors (Lipinski definition) is 0. The Morgan fingerprint density at radius 1 is 0.923 bits per heavy atom. The third kappa shape index (κ3) is 6.35. The molecule has 0 aromatic heterocycles. The Morgan fingerprint density at radius 2 is 1.46 bits per heavy atom. The van der Waals surface area contributed by atoms with Crippen molar-refractivity contribution in [2.45, 2.75) is 124 Å². The summed E-state index contributed by atoms with van der Waals surface area (Å²) < 4.78 is 32.2. The largest absolute Gasteiger partial charge is 0.488 e. The van der Waals surface area contributed by atoms with Gasteiger partial charge < -0.3 is 22.8 Å². The van der Waals surface area contributed by atoms with Crippen molar-refractivity contribution >= 4 is 36.7 Å². The molecule has 0 aromatic rings. The molecule has 224 valence electrons. The molecule has 2 aliphatic carbocycles. The molecule has 1 heterocycles. The number of esters is 1. The van der Waals surface area contributed by atoms with E-state index in [0.29, 0.717) is 12.4 Å². The molecule has 3 rings (SSSR count). The van der Waals surface area contributed by atoms with Gasteiger partial charge in [0.15, 0.2) is 30.7 Å². The Hall–Kier alpha value is -0.789. The predicted molar refractivity (Wildman–Crippen MR) is 162 cm³/mol. The van der Waals surface area contributed by atoms with E-state index in [2.05, 4.69) is 72.8 Å². The van der Waals surface area contributed by atoms with E-state index >= 15 is 0 Å². The molecule has 3 aliphatic rings. The maximum atomic E-state index is 14.5. The molecule has 0 spiro atoms. The molecule has 7 atom stereocenters. The minimum Gasteiger partial charge on any atom is -0.488 e. The second-order valence-corrected chi connectivity index (χ2v) is 29.1. The summed E-state index contributed by atoms with van der Waals surface area (Å²) in [7, 11) is -4.44. The molecule has 0 saturated heterocycles. The number of allylic oxidation sites excluding steroid dienone is 1. The molecule has 39 heavy (non-hydrogen) atoms. The molecule has 2 saturated carbocycles. The van der Waals surface area contributed by atoms with Crippen LogP contribution in [0.5, 0.6) is 0 Å². The maximum absolute atomic E-state index is 14.5. The number of methoxy groups -OCH3 is 1. The van der Waals surface area contributed by atoms with Gasteiger partial charge in [-0.25, -0.2) is 4.79 Å². The van der Waals surface area contributed by atoms with Gasteiger partial charge in [0.25, 0.3) is 0 Å². The van der Waals surface area contributed by atoms with Gasteiger partial charge >= 0.3 is 5.97 Å². The smallest absolute Gasteiger partial charge is 0.344 e. The monoisotopic (exact) mass is 598 g/mol. The summed E-state index contributed by atoms with van der Waals surface area (Å²) in [5, 5.41) is 0. The van der Waals surface area contributed by atoms with Gasteiger partial charge in [-0.1, -0.05) is 13.8 Å². The van der Waals surface area contributed by atoms with Crippen LogP contribution in [0.15, 0.2) is 11.3 Å². The number of Topliss-reactive ketones (excluding diaryl/α,β-unsaturated/α-hetero) is 1. The number of fused-ring (bicyclic) bond motifs is 3. The summed E-state index contributed by atoms with van der Waals surface area (Å²) >= 11 is 0. The van der Waals surface area contributed by atoms with E-state index in [1.54, 1.807) is 6.92 Å². The van der Waals surface area contributed by atoms with E-state index in [4.69, 9.17) is 22.8 Å². The highest BCUT2D eigenvalue weighted by molar-refractivity contribution is 6.70. The van der Waals surface area contributed by atoms with Gasteiger partial charge in [-0.15, -0.1) is 0 Å². The molecule has 1 aliphatic heterocycles. The van der Waals surface area contributed by atoms with Crippen LogP contribution in [-0.4, -0.2) is 68.2 Å². The molecule has 0 bridgehead atoms. The summed E-state index contributed by atoms with van der Waals surface area (Å²) in [6.45, 7) is 28.8. The minimum atomic E-state index is -2.04. The van der Waals surface area contributed by atoms with Crippen molar-refractivity contribution in [2.75, 3.05) is 13.7 Å². The number of carbonyl (C=O) groups excluding carboxylic acids is 2. The Balaban J connectivity index is 2.24. The van der Waals surface area contributed by atoms with Crippen LogP contribution >= 0.6 is 0 Å². The number of ether oxygens (including phenoxy) is 2.